The van der Waals surface area contributed by atoms with E-state index < -0.39 is 37.0 Å². The number of rotatable bonds is 9. The van der Waals surface area contributed by atoms with Gasteiger partial charge in [0.2, 0.25) is 15.9 Å². The summed E-state index contributed by atoms with van der Waals surface area (Å²) in [5.74, 6) is -0.375. The Labute approximate surface area is 210 Å². The average molecular weight is 524 g/mol. The maximum absolute atomic E-state index is 13.1. The van der Waals surface area contributed by atoms with E-state index in [-0.39, 0.29) is 29.5 Å². The van der Waals surface area contributed by atoms with Crippen LogP contribution in [0.4, 0.5) is 5.69 Å². The Morgan fingerprint density at radius 3 is 2.61 bits per heavy atom. The van der Waals surface area contributed by atoms with Gasteiger partial charge in [0.1, 0.15) is 10.6 Å². The van der Waals surface area contributed by atoms with E-state index in [4.69, 9.17) is 9.47 Å². The van der Waals surface area contributed by atoms with Crippen molar-refractivity contribution in [3.63, 3.8) is 0 Å². The minimum atomic E-state index is -4.20. The van der Waals surface area contributed by atoms with Crippen LogP contribution in [0.3, 0.4) is 0 Å². The minimum absolute atomic E-state index is 0.0413. The van der Waals surface area contributed by atoms with E-state index in [1.165, 1.54) is 10.7 Å². The second-order valence-corrected chi connectivity index (χ2v) is 11.7. The van der Waals surface area contributed by atoms with Crippen LogP contribution in [-0.2, 0) is 14.8 Å². The molecule has 2 N–H and O–H groups in total. The first kappa shape index (κ1) is 27.6. The van der Waals surface area contributed by atoms with Gasteiger partial charge in [0.25, 0.3) is 11.6 Å². The van der Waals surface area contributed by atoms with E-state index in [1.54, 1.807) is 27.7 Å². The number of amides is 1. The number of sulfonamides is 1. The number of benzene rings is 1. The molecule has 1 aromatic carbocycles. The molecule has 198 valence electrons. The zero-order chi connectivity index (χ0) is 26.8. The van der Waals surface area contributed by atoms with Crippen LogP contribution >= 0.6 is 0 Å². The highest BCUT2D eigenvalue weighted by Gasteiger charge is 2.30. The van der Waals surface area contributed by atoms with Crippen LogP contribution in [-0.4, -0.2) is 53.8 Å². The van der Waals surface area contributed by atoms with Crippen molar-refractivity contribution >= 4 is 21.6 Å². The second kappa shape index (κ2) is 10.5. The largest absolute Gasteiger partial charge is 0.438 e. The Bertz CT molecular complexity index is 1240. The van der Waals surface area contributed by atoms with Crippen molar-refractivity contribution in [1.29, 1.82) is 0 Å². The van der Waals surface area contributed by atoms with E-state index >= 15 is 0 Å². The summed E-state index contributed by atoms with van der Waals surface area (Å²) in [7, 11) is -4.20. The van der Waals surface area contributed by atoms with Crippen LogP contribution in [0, 0.1) is 17.0 Å². The molecule has 1 aliphatic rings. The summed E-state index contributed by atoms with van der Waals surface area (Å²) in [5.41, 5.74) is -0.709. The Morgan fingerprint density at radius 1 is 1.36 bits per heavy atom. The van der Waals surface area contributed by atoms with Crippen LogP contribution < -0.4 is 14.8 Å². The van der Waals surface area contributed by atoms with Crippen molar-refractivity contribution < 1.29 is 27.6 Å². The lowest BCUT2D eigenvalue weighted by Gasteiger charge is -2.21. The molecular formula is C23H33N5O7S. The number of ether oxygens (including phenoxy) is 2. The number of nitrogens with zero attached hydrogens (tertiary/aromatic N) is 3. The molecule has 0 saturated carbocycles. The van der Waals surface area contributed by atoms with Crippen molar-refractivity contribution in [2.75, 3.05) is 13.2 Å². The van der Waals surface area contributed by atoms with Gasteiger partial charge in [-0.15, -0.1) is 0 Å². The Morgan fingerprint density at radius 2 is 2.06 bits per heavy atom. The molecule has 1 saturated heterocycles. The van der Waals surface area contributed by atoms with Gasteiger partial charge in [-0.2, -0.15) is 5.10 Å². The molecule has 0 aliphatic carbocycles. The predicted molar refractivity (Wildman–Crippen MR) is 132 cm³/mol. The smallest absolute Gasteiger partial charge is 0.272 e. The van der Waals surface area contributed by atoms with Gasteiger partial charge in [-0.25, -0.2) is 17.8 Å². The second-order valence-electron chi connectivity index (χ2n) is 10.0. The Hall–Kier alpha value is -3.03. The average Bonchev–Trinajstić information content (AvgIpc) is 3.39. The Balaban J connectivity index is 2.01. The lowest BCUT2D eigenvalue weighted by Crippen LogP contribution is -2.40. The van der Waals surface area contributed by atoms with E-state index in [1.807, 2.05) is 13.8 Å². The van der Waals surface area contributed by atoms with Crippen LogP contribution in [0.2, 0.25) is 0 Å². The third-order valence-electron chi connectivity index (χ3n) is 5.39. The number of carbonyl (C=O) groups is 1. The lowest BCUT2D eigenvalue weighted by atomic mass is 10.1. The predicted octanol–water partition coefficient (Wildman–Crippen LogP) is 3.46. The summed E-state index contributed by atoms with van der Waals surface area (Å²) >= 11 is 0. The zero-order valence-electron chi connectivity index (χ0n) is 21.3. The van der Waals surface area contributed by atoms with Crippen molar-refractivity contribution in [3.8, 4) is 11.6 Å². The molecule has 13 heteroatoms. The summed E-state index contributed by atoms with van der Waals surface area (Å²) in [6, 6.07) is 3.10. The molecule has 1 aromatic heterocycles. The number of hydrogen-bond acceptors (Lipinski definition) is 8. The fourth-order valence-electron chi connectivity index (χ4n) is 3.75. The summed E-state index contributed by atoms with van der Waals surface area (Å²) in [4.78, 5) is 23.2. The number of aromatic nitrogens is 2. The van der Waals surface area contributed by atoms with Crippen LogP contribution in [0.5, 0.6) is 11.6 Å². The van der Waals surface area contributed by atoms with Gasteiger partial charge in [-0.1, -0.05) is 0 Å². The molecule has 1 fully saturated rings. The van der Waals surface area contributed by atoms with Gasteiger partial charge in [-0.05, 0) is 60.5 Å². The maximum Gasteiger partial charge on any atom is 0.272 e. The lowest BCUT2D eigenvalue weighted by molar-refractivity contribution is -0.385. The van der Waals surface area contributed by atoms with E-state index in [0.717, 1.165) is 25.0 Å². The van der Waals surface area contributed by atoms with Gasteiger partial charge in [-0.3, -0.25) is 14.9 Å². The van der Waals surface area contributed by atoms with Gasteiger partial charge >= 0.3 is 0 Å². The highest BCUT2D eigenvalue weighted by Crippen LogP contribution is 2.36. The highest BCUT2D eigenvalue weighted by molar-refractivity contribution is 7.89. The van der Waals surface area contributed by atoms with Crippen molar-refractivity contribution in [1.82, 2.24) is 19.8 Å². The number of hydrogen-bond donors (Lipinski definition) is 2. The topological polar surface area (TPSA) is 155 Å². The normalized spacial score (nSPS) is 16.4. The van der Waals surface area contributed by atoms with E-state index in [0.29, 0.717) is 18.7 Å². The van der Waals surface area contributed by atoms with Crippen molar-refractivity contribution in [2.24, 2.45) is 0 Å². The first-order valence-corrected chi connectivity index (χ1v) is 13.2. The maximum atomic E-state index is 13.1. The SMILES string of the molecule is Cc1c(C(=O)NCC2CCCO2)nn(C(C)C)c1Oc1ccc([N+](=O)[O-])cc1S(=O)(=O)NC(C)(C)C. The molecule has 2 aromatic rings. The van der Waals surface area contributed by atoms with Gasteiger partial charge in [0, 0.05) is 36.4 Å². The number of nitro groups is 1. The van der Waals surface area contributed by atoms with Crippen molar-refractivity contribution in [3.05, 3.63) is 39.6 Å². The summed E-state index contributed by atoms with van der Waals surface area (Å²) in [6.45, 7) is 11.3. The molecule has 3 rings (SSSR count). The van der Waals surface area contributed by atoms with Crippen molar-refractivity contribution in [2.45, 2.75) is 77.0 Å². The van der Waals surface area contributed by atoms with Gasteiger partial charge in [0.05, 0.1) is 17.1 Å². The number of carbonyl (C=O) groups excluding carboxylic acids is 1. The van der Waals surface area contributed by atoms with Crippen LogP contribution in [0.15, 0.2) is 23.1 Å². The Kier molecular flexibility index (Phi) is 8.06. The molecule has 1 atom stereocenters. The van der Waals surface area contributed by atoms with Gasteiger partial charge < -0.3 is 14.8 Å². The number of nitrogens with one attached hydrogen (secondary N) is 2. The quantitative estimate of drug-likeness (QED) is 0.374. The molecule has 0 spiro atoms. The fourth-order valence-corrected chi connectivity index (χ4v) is 5.32. The molecular weight excluding hydrogens is 490 g/mol. The fraction of sp³-hybridized carbons (Fsp3) is 0.565. The zero-order valence-corrected chi connectivity index (χ0v) is 22.1. The molecule has 12 nitrogen and oxygen atoms in total. The van der Waals surface area contributed by atoms with E-state index in [2.05, 4.69) is 15.1 Å². The van der Waals surface area contributed by atoms with Crippen LogP contribution in [0.25, 0.3) is 0 Å². The molecule has 36 heavy (non-hydrogen) atoms. The minimum Gasteiger partial charge on any atom is -0.438 e. The van der Waals surface area contributed by atoms with Gasteiger partial charge in [0.15, 0.2) is 5.69 Å². The first-order valence-electron chi connectivity index (χ1n) is 11.7. The molecule has 2 heterocycles. The summed E-state index contributed by atoms with van der Waals surface area (Å²) < 4.78 is 41.8. The third kappa shape index (κ3) is 6.39. The molecule has 1 aliphatic heterocycles. The molecule has 1 amide bonds. The molecule has 0 bridgehead atoms. The van der Waals surface area contributed by atoms with E-state index in [9.17, 15) is 23.3 Å². The monoisotopic (exact) mass is 523 g/mol. The number of non-ortho nitro benzene ring substituents is 1. The molecule has 1 unspecified atom stereocenters. The summed E-state index contributed by atoms with van der Waals surface area (Å²) in [5, 5.41) is 18.6. The summed E-state index contributed by atoms with van der Waals surface area (Å²) in [6.07, 6.45) is 1.78. The van der Waals surface area contributed by atoms with Crippen LogP contribution in [0.1, 0.15) is 69.6 Å². The third-order valence-corrected chi connectivity index (χ3v) is 7.16. The highest BCUT2D eigenvalue weighted by atomic mass is 32.2. The first-order chi connectivity index (χ1) is 16.7. The molecule has 0 radical (unpaired) electrons. The standard InChI is InChI=1S/C23H33N5O7S/c1-14(2)27-22(15(3)20(25-27)21(29)24-13-17-8-7-11-34-17)35-18-10-9-16(28(30)31)12-19(18)36(32,33)26-23(4,5)6/h9-10,12,14,17,26H,7-8,11,13H2,1-6H3,(H,24,29). The number of nitro benzene ring substituents is 1.